The number of aliphatic carboxylic acids is 2. The second-order valence-corrected chi connectivity index (χ2v) is 7.23. The van der Waals surface area contributed by atoms with Gasteiger partial charge in [0.05, 0.1) is 6.10 Å². The van der Waals surface area contributed by atoms with Gasteiger partial charge in [0.15, 0.2) is 11.5 Å². The second-order valence-electron chi connectivity index (χ2n) is 6.80. The molecule has 3 rings (SSSR count). The molecule has 1 aliphatic heterocycles. The monoisotopic (exact) mass is 469 g/mol. The van der Waals surface area contributed by atoms with Gasteiger partial charge in [-0.2, -0.15) is 0 Å². The van der Waals surface area contributed by atoms with E-state index in [9.17, 15) is 24.9 Å². The molecule has 2 atom stereocenters. The number of carbonyl (C=O) groups is 2. The van der Waals surface area contributed by atoms with Gasteiger partial charge >= 0.3 is 76.8 Å². The Morgan fingerprint density at radius 1 is 1.06 bits per heavy atom. The fourth-order valence-electron chi connectivity index (χ4n) is 3.01. The number of aliphatic hydroxyl groups is 1. The molecule has 0 saturated heterocycles. The standard InChI is InChI=1S/C20H20ClNO7.2Na.2H/c1-11(22-10-15(23)13-3-2-4-14(21)9-13)7-12-5-6-16-17(8-12)29-20(28-16,18(24)25)19(26)27;;;;/h2-6,8-9,11,15,22-23H,7,10H2,1H3,(H,24,25)(H,26,27);;;;. The van der Waals surface area contributed by atoms with Gasteiger partial charge in [0, 0.05) is 17.6 Å². The SMILES string of the molecule is CC(Cc1ccc2c(c1)OC(C(=O)O)(C(=O)O)O2)NCC(O)c1cccc(Cl)c1.[NaH].[NaH]. The summed E-state index contributed by atoms with van der Waals surface area (Å²) in [5.41, 5.74) is 1.50. The molecule has 2 unspecified atom stereocenters. The van der Waals surface area contributed by atoms with Crippen LogP contribution in [0.3, 0.4) is 0 Å². The number of hydrogen-bond donors (Lipinski definition) is 4. The molecule has 0 fully saturated rings. The quantitative estimate of drug-likeness (QED) is 0.332. The van der Waals surface area contributed by atoms with Crippen LogP contribution in [0.5, 0.6) is 11.5 Å². The van der Waals surface area contributed by atoms with E-state index in [-0.39, 0.29) is 76.7 Å². The Balaban J connectivity index is 0.00000240. The van der Waals surface area contributed by atoms with Gasteiger partial charge in [-0.15, -0.1) is 0 Å². The molecule has 11 heteroatoms. The van der Waals surface area contributed by atoms with Gasteiger partial charge in [-0.3, -0.25) is 0 Å². The van der Waals surface area contributed by atoms with E-state index in [2.05, 4.69) is 5.32 Å². The Labute approximate surface area is 228 Å². The molecule has 0 bridgehead atoms. The predicted octanol–water partition coefficient (Wildman–Crippen LogP) is 0.934. The number of nitrogens with one attached hydrogen (secondary N) is 1. The van der Waals surface area contributed by atoms with Crippen molar-refractivity contribution >= 4 is 82.7 Å². The van der Waals surface area contributed by atoms with Gasteiger partial charge in [-0.05, 0) is 48.7 Å². The van der Waals surface area contributed by atoms with E-state index in [1.807, 2.05) is 6.92 Å². The van der Waals surface area contributed by atoms with Crippen molar-refractivity contribution in [2.24, 2.45) is 0 Å². The van der Waals surface area contributed by atoms with Crippen LogP contribution in [-0.2, 0) is 16.0 Å². The number of fused-ring (bicyclic) bond motifs is 1. The summed E-state index contributed by atoms with van der Waals surface area (Å²) in [5.74, 6) is -6.15. The fourth-order valence-corrected chi connectivity index (χ4v) is 3.21. The first-order valence-corrected chi connectivity index (χ1v) is 9.23. The first-order valence-electron chi connectivity index (χ1n) is 8.86. The summed E-state index contributed by atoms with van der Waals surface area (Å²) >= 11 is 5.94. The zero-order valence-corrected chi connectivity index (χ0v) is 16.2. The Morgan fingerprint density at radius 3 is 2.32 bits per heavy atom. The third-order valence-electron chi connectivity index (χ3n) is 4.51. The molecule has 158 valence electrons. The first-order chi connectivity index (χ1) is 13.7. The van der Waals surface area contributed by atoms with Crippen molar-refractivity contribution in [1.29, 1.82) is 0 Å². The summed E-state index contributed by atoms with van der Waals surface area (Å²) < 4.78 is 10.1. The van der Waals surface area contributed by atoms with E-state index in [0.29, 0.717) is 23.6 Å². The Kier molecular flexibility index (Phi) is 10.8. The van der Waals surface area contributed by atoms with Crippen LogP contribution in [0.2, 0.25) is 5.02 Å². The molecule has 0 saturated carbocycles. The average Bonchev–Trinajstić information content (AvgIpc) is 3.06. The van der Waals surface area contributed by atoms with E-state index >= 15 is 0 Å². The molecule has 0 amide bonds. The van der Waals surface area contributed by atoms with Crippen molar-refractivity contribution in [3.8, 4) is 11.5 Å². The molecule has 4 N–H and O–H groups in total. The van der Waals surface area contributed by atoms with Gasteiger partial charge in [-0.1, -0.05) is 29.8 Å². The molecule has 2 aromatic rings. The molecular formula is C20H22ClNNa2O7. The Morgan fingerprint density at radius 2 is 1.71 bits per heavy atom. The minimum absolute atomic E-state index is 0. The normalized spacial score (nSPS) is 15.2. The van der Waals surface area contributed by atoms with Crippen molar-refractivity contribution in [3.63, 3.8) is 0 Å². The van der Waals surface area contributed by atoms with Gasteiger partial charge in [-0.25, -0.2) is 9.59 Å². The maximum absolute atomic E-state index is 11.3. The van der Waals surface area contributed by atoms with Gasteiger partial charge in [0.25, 0.3) is 0 Å². The van der Waals surface area contributed by atoms with E-state index < -0.39 is 23.8 Å². The van der Waals surface area contributed by atoms with E-state index in [0.717, 1.165) is 5.56 Å². The summed E-state index contributed by atoms with van der Waals surface area (Å²) in [6, 6.07) is 11.7. The molecule has 2 aromatic carbocycles. The van der Waals surface area contributed by atoms with Crippen LogP contribution < -0.4 is 14.8 Å². The number of halogens is 1. The summed E-state index contributed by atoms with van der Waals surface area (Å²) in [5, 5.41) is 32.4. The van der Waals surface area contributed by atoms with Crippen molar-refractivity contribution in [3.05, 3.63) is 58.6 Å². The second kappa shape index (κ2) is 11.9. The molecule has 1 aliphatic rings. The summed E-state index contributed by atoms with van der Waals surface area (Å²) in [4.78, 5) is 22.6. The van der Waals surface area contributed by atoms with Crippen molar-refractivity contribution in [2.45, 2.75) is 31.3 Å². The number of rotatable bonds is 8. The Hall–Kier alpha value is -0.810. The van der Waals surface area contributed by atoms with E-state index in [1.54, 1.807) is 36.4 Å². The fraction of sp³-hybridized carbons (Fsp3) is 0.300. The number of carboxylic acids is 2. The topological polar surface area (TPSA) is 125 Å². The molecule has 1 heterocycles. The molecule has 8 nitrogen and oxygen atoms in total. The molecule has 0 aromatic heterocycles. The van der Waals surface area contributed by atoms with Gasteiger partial charge < -0.3 is 30.1 Å². The minimum atomic E-state index is -2.77. The van der Waals surface area contributed by atoms with Gasteiger partial charge in [0.2, 0.25) is 0 Å². The zero-order valence-electron chi connectivity index (χ0n) is 15.5. The van der Waals surface area contributed by atoms with E-state index in [4.69, 9.17) is 21.1 Å². The third kappa shape index (κ3) is 6.60. The maximum atomic E-state index is 11.3. The third-order valence-corrected chi connectivity index (χ3v) is 4.75. The average molecular weight is 470 g/mol. The van der Waals surface area contributed by atoms with Crippen molar-refractivity contribution < 1.29 is 34.4 Å². The molecular weight excluding hydrogens is 448 g/mol. The molecule has 0 spiro atoms. The predicted molar refractivity (Wildman–Crippen MR) is 118 cm³/mol. The Bertz CT molecular complexity index is 929. The first kappa shape index (κ1) is 28.2. The molecule has 0 radical (unpaired) electrons. The zero-order chi connectivity index (χ0) is 21.2. The van der Waals surface area contributed by atoms with Crippen LogP contribution in [0.25, 0.3) is 0 Å². The van der Waals surface area contributed by atoms with Crippen LogP contribution in [0.1, 0.15) is 24.2 Å². The van der Waals surface area contributed by atoms with Crippen LogP contribution in [0.4, 0.5) is 0 Å². The van der Waals surface area contributed by atoms with Crippen LogP contribution in [0.15, 0.2) is 42.5 Å². The number of aliphatic hydroxyl groups excluding tert-OH is 1. The number of hydrogen-bond acceptors (Lipinski definition) is 6. The van der Waals surface area contributed by atoms with Crippen molar-refractivity contribution in [1.82, 2.24) is 5.32 Å². The summed E-state index contributed by atoms with van der Waals surface area (Å²) in [6.45, 7) is 2.24. The van der Waals surface area contributed by atoms with E-state index in [1.165, 1.54) is 6.07 Å². The number of ether oxygens (including phenoxy) is 2. The van der Waals surface area contributed by atoms with Crippen molar-refractivity contribution in [2.75, 3.05) is 6.54 Å². The van der Waals surface area contributed by atoms with Crippen LogP contribution in [-0.4, -0.2) is 105 Å². The number of carboxylic acid groups (broad SMARTS) is 2. The number of benzene rings is 2. The summed E-state index contributed by atoms with van der Waals surface area (Å²) in [7, 11) is 0. The molecule has 0 aliphatic carbocycles. The molecule has 31 heavy (non-hydrogen) atoms. The van der Waals surface area contributed by atoms with Crippen LogP contribution >= 0.6 is 11.6 Å². The van der Waals surface area contributed by atoms with Crippen LogP contribution in [0, 0.1) is 0 Å². The van der Waals surface area contributed by atoms with Gasteiger partial charge in [0.1, 0.15) is 0 Å². The summed E-state index contributed by atoms with van der Waals surface area (Å²) in [6.07, 6.45) is -0.189.